The van der Waals surface area contributed by atoms with Gasteiger partial charge in [-0.15, -0.1) is 0 Å². The second-order valence-electron chi connectivity index (χ2n) is 6.51. The molecule has 120 valence electrons. The second kappa shape index (κ2) is 8.49. The van der Waals surface area contributed by atoms with E-state index < -0.39 is 0 Å². The minimum Gasteiger partial charge on any atom is -0.338 e. The Morgan fingerprint density at radius 3 is 3.05 bits per heavy atom. The number of hydrogen-bond donors (Lipinski definition) is 1. The number of nitrogens with one attached hydrogen (secondary N) is 1. The lowest BCUT2D eigenvalue weighted by Gasteiger charge is -2.32. The predicted octanol–water partition coefficient (Wildman–Crippen LogP) is 2.62. The summed E-state index contributed by atoms with van der Waals surface area (Å²) in [7, 11) is 0. The lowest BCUT2D eigenvalue weighted by Crippen LogP contribution is -2.40. The first-order chi connectivity index (χ1) is 10.2. The molecule has 0 radical (unpaired) electrons. The number of nitrogens with zero attached hydrogens (tertiary/aromatic N) is 3. The summed E-state index contributed by atoms with van der Waals surface area (Å²) < 4.78 is 5.38. The van der Waals surface area contributed by atoms with Crippen molar-refractivity contribution >= 4 is 0 Å². The number of piperidine rings is 1. The van der Waals surface area contributed by atoms with Gasteiger partial charge in [0.15, 0.2) is 5.82 Å². The van der Waals surface area contributed by atoms with Crippen LogP contribution >= 0.6 is 0 Å². The van der Waals surface area contributed by atoms with Gasteiger partial charge in [-0.1, -0.05) is 32.3 Å². The van der Waals surface area contributed by atoms with E-state index in [1.807, 2.05) is 0 Å². The van der Waals surface area contributed by atoms with Crippen LogP contribution in [0.2, 0.25) is 0 Å². The largest absolute Gasteiger partial charge is 0.338 e. The highest BCUT2D eigenvalue weighted by Gasteiger charge is 2.21. The first kappa shape index (κ1) is 16.4. The molecule has 1 fully saturated rings. The molecule has 1 unspecified atom stereocenters. The molecule has 2 rings (SSSR count). The van der Waals surface area contributed by atoms with Crippen molar-refractivity contribution in [1.82, 2.24) is 20.4 Å². The highest BCUT2D eigenvalue weighted by atomic mass is 16.5. The fourth-order valence-electron chi connectivity index (χ4n) is 2.85. The molecule has 0 amide bonds. The summed E-state index contributed by atoms with van der Waals surface area (Å²) in [5, 5.41) is 7.62. The van der Waals surface area contributed by atoms with E-state index in [0.717, 1.165) is 56.7 Å². The SMILES string of the molecule is CCCCc1noc(CN2CCCC(CNC(C)C)C2)n1. The van der Waals surface area contributed by atoms with E-state index in [2.05, 4.69) is 41.1 Å². The Balaban J connectivity index is 1.77. The summed E-state index contributed by atoms with van der Waals surface area (Å²) in [6.07, 6.45) is 5.82. The van der Waals surface area contributed by atoms with Crippen molar-refractivity contribution in [2.45, 2.75) is 65.5 Å². The Morgan fingerprint density at radius 2 is 2.29 bits per heavy atom. The maximum atomic E-state index is 5.38. The Hall–Kier alpha value is -0.940. The van der Waals surface area contributed by atoms with E-state index >= 15 is 0 Å². The highest BCUT2D eigenvalue weighted by Crippen LogP contribution is 2.18. The van der Waals surface area contributed by atoms with Crippen LogP contribution in [0.15, 0.2) is 4.52 Å². The van der Waals surface area contributed by atoms with E-state index in [9.17, 15) is 0 Å². The van der Waals surface area contributed by atoms with Gasteiger partial charge >= 0.3 is 0 Å². The van der Waals surface area contributed by atoms with Gasteiger partial charge in [0, 0.05) is 19.0 Å². The average Bonchev–Trinajstić information content (AvgIpc) is 2.91. The van der Waals surface area contributed by atoms with Crippen molar-refractivity contribution in [2.75, 3.05) is 19.6 Å². The molecule has 0 aromatic carbocycles. The zero-order chi connectivity index (χ0) is 15.1. The van der Waals surface area contributed by atoms with Crippen LogP contribution in [0.1, 0.15) is 58.2 Å². The molecule has 1 aromatic heterocycles. The molecule has 2 heterocycles. The Bertz CT molecular complexity index is 405. The van der Waals surface area contributed by atoms with Crippen LogP contribution in [0.25, 0.3) is 0 Å². The standard InChI is InChI=1S/C16H30N4O/c1-4-5-8-15-18-16(21-19-15)12-20-9-6-7-14(11-20)10-17-13(2)3/h13-14,17H,4-12H2,1-3H3. The molecule has 5 heteroatoms. The third-order valence-electron chi connectivity index (χ3n) is 4.04. The molecule has 1 atom stereocenters. The number of rotatable bonds is 8. The predicted molar refractivity (Wildman–Crippen MR) is 84.0 cm³/mol. The number of likely N-dealkylation sites (tertiary alicyclic amines) is 1. The minimum absolute atomic E-state index is 0.567. The Kier molecular flexibility index (Phi) is 6.64. The van der Waals surface area contributed by atoms with Gasteiger partial charge in [0.2, 0.25) is 5.89 Å². The lowest BCUT2D eigenvalue weighted by molar-refractivity contribution is 0.147. The van der Waals surface area contributed by atoms with Gasteiger partial charge in [0.1, 0.15) is 0 Å². The third-order valence-corrected chi connectivity index (χ3v) is 4.04. The molecular formula is C16H30N4O. The number of aryl methyl sites for hydroxylation is 1. The van der Waals surface area contributed by atoms with Gasteiger partial charge in [-0.2, -0.15) is 4.98 Å². The van der Waals surface area contributed by atoms with Crippen LogP contribution in [0, 0.1) is 5.92 Å². The first-order valence-corrected chi connectivity index (χ1v) is 8.44. The molecule has 1 N–H and O–H groups in total. The molecule has 0 aliphatic carbocycles. The summed E-state index contributed by atoms with van der Waals surface area (Å²) in [5.74, 6) is 2.38. The molecule has 21 heavy (non-hydrogen) atoms. The molecule has 0 saturated carbocycles. The number of hydrogen-bond acceptors (Lipinski definition) is 5. The van der Waals surface area contributed by atoms with Crippen LogP contribution in [0.4, 0.5) is 0 Å². The summed E-state index contributed by atoms with van der Waals surface area (Å²) >= 11 is 0. The van der Waals surface area contributed by atoms with Crippen molar-refractivity contribution in [3.8, 4) is 0 Å². The fraction of sp³-hybridized carbons (Fsp3) is 0.875. The lowest BCUT2D eigenvalue weighted by atomic mass is 9.98. The molecule has 1 saturated heterocycles. The molecule has 0 spiro atoms. The van der Waals surface area contributed by atoms with Gasteiger partial charge < -0.3 is 9.84 Å². The van der Waals surface area contributed by atoms with Gasteiger partial charge in [-0.05, 0) is 38.3 Å². The van der Waals surface area contributed by atoms with Gasteiger partial charge in [0.25, 0.3) is 0 Å². The van der Waals surface area contributed by atoms with E-state index in [4.69, 9.17) is 4.52 Å². The second-order valence-corrected chi connectivity index (χ2v) is 6.51. The molecular weight excluding hydrogens is 264 g/mol. The third kappa shape index (κ3) is 5.75. The van der Waals surface area contributed by atoms with Gasteiger partial charge in [0.05, 0.1) is 6.54 Å². The first-order valence-electron chi connectivity index (χ1n) is 8.44. The van der Waals surface area contributed by atoms with Crippen molar-refractivity contribution in [3.63, 3.8) is 0 Å². The summed E-state index contributed by atoms with van der Waals surface area (Å²) in [4.78, 5) is 6.96. The Labute approximate surface area is 128 Å². The highest BCUT2D eigenvalue weighted by molar-refractivity contribution is 4.88. The summed E-state index contributed by atoms with van der Waals surface area (Å²) in [6, 6.07) is 0.567. The topological polar surface area (TPSA) is 54.2 Å². The monoisotopic (exact) mass is 294 g/mol. The quantitative estimate of drug-likeness (QED) is 0.799. The van der Waals surface area contributed by atoms with E-state index in [-0.39, 0.29) is 0 Å². The van der Waals surface area contributed by atoms with Gasteiger partial charge in [-0.25, -0.2) is 0 Å². The van der Waals surface area contributed by atoms with Crippen molar-refractivity contribution in [2.24, 2.45) is 5.92 Å². The molecule has 5 nitrogen and oxygen atoms in total. The fourth-order valence-corrected chi connectivity index (χ4v) is 2.85. The summed E-state index contributed by atoms with van der Waals surface area (Å²) in [5.41, 5.74) is 0. The zero-order valence-electron chi connectivity index (χ0n) is 13.8. The zero-order valence-corrected chi connectivity index (χ0v) is 13.8. The smallest absolute Gasteiger partial charge is 0.240 e. The Morgan fingerprint density at radius 1 is 1.43 bits per heavy atom. The van der Waals surface area contributed by atoms with Crippen molar-refractivity contribution in [1.29, 1.82) is 0 Å². The van der Waals surface area contributed by atoms with Crippen molar-refractivity contribution in [3.05, 3.63) is 11.7 Å². The van der Waals surface area contributed by atoms with Crippen LogP contribution in [0.3, 0.4) is 0 Å². The molecule has 1 aliphatic heterocycles. The van der Waals surface area contributed by atoms with Crippen molar-refractivity contribution < 1.29 is 4.52 Å². The maximum Gasteiger partial charge on any atom is 0.240 e. The van der Waals surface area contributed by atoms with Gasteiger partial charge in [-0.3, -0.25) is 4.90 Å². The molecule has 0 bridgehead atoms. The van der Waals surface area contributed by atoms with Crippen LogP contribution in [-0.4, -0.2) is 40.7 Å². The summed E-state index contributed by atoms with van der Waals surface area (Å²) in [6.45, 7) is 10.8. The van der Waals surface area contributed by atoms with Crippen LogP contribution in [-0.2, 0) is 13.0 Å². The molecule has 1 aromatic rings. The average molecular weight is 294 g/mol. The van der Waals surface area contributed by atoms with E-state index in [0.29, 0.717) is 6.04 Å². The normalized spacial score (nSPS) is 20.3. The van der Waals surface area contributed by atoms with E-state index in [1.54, 1.807) is 0 Å². The number of aromatic nitrogens is 2. The number of unbranched alkanes of at least 4 members (excludes halogenated alkanes) is 1. The van der Waals surface area contributed by atoms with Crippen LogP contribution in [0.5, 0.6) is 0 Å². The van der Waals surface area contributed by atoms with Crippen LogP contribution < -0.4 is 5.32 Å². The minimum atomic E-state index is 0.567. The van der Waals surface area contributed by atoms with E-state index in [1.165, 1.54) is 19.3 Å². The maximum absolute atomic E-state index is 5.38. The molecule has 1 aliphatic rings.